The van der Waals surface area contributed by atoms with Crippen molar-refractivity contribution in [3.05, 3.63) is 36.4 Å². The summed E-state index contributed by atoms with van der Waals surface area (Å²) >= 11 is 0. The Morgan fingerprint density at radius 2 is 2.12 bits per heavy atom. The molecule has 1 aromatic carbocycles. The summed E-state index contributed by atoms with van der Waals surface area (Å²) in [4.78, 5) is 10.7. The normalized spacial score (nSPS) is 11.8. The fraction of sp³-hybridized carbons (Fsp3) is 0.250. The number of hydrogen-bond acceptors (Lipinski definition) is 3. The zero-order valence-electron chi connectivity index (χ0n) is 9.01. The summed E-state index contributed by atoms with van der Waals surface area (Å²) in [6.45, 7) is 5.24. The third kappa shape index (κ3) is 2.76. The van der Waals surface area contributed by atoms with Crippen LogP contribution in [0.1, 0.15) is 13.3 Å². The van der Waals surface area contributed by atoms with Crippen LogP contribution in [0.4, 0.5) is 0 Å². The van der Waals surface area contributed by atoms with Gasteiger partial charge in [0, 0.05) is 0 Å². The monoisotopic (exact) mass is 222 g/mol. The largest absolute Gasteiger partial charge is 0.504 e. The molecule has 4 nitrogen and oxygen atoms in total. The number of aromatic hydroxyl groups is 1. The number of phenolic OH excluding ortho intramolecular Hbond substituents is 1. The predicted molar refractivity (Wildman–Crippen MR) is 59.6 cm³/mol. The molecule has 16 heavy (non-hydrogen) atoms. The first-order valence-electron chi connectivity index (χ1n) is 4.93. The topological polar surface area (TPSA) is 66.8 Å². The lowest BCUT2D eigenvalue weighted by Crippen LogP contribution is -2.22. The summed E-state index contributed by atoms with van der Waals surface area (Å²) in [6, 6.07) is 6.42. The molecular formula is C12H14O4. The van der Waals surface area contributed by atoms with Crippen LogP contribution in [0.5, 0.6) is 11.5 Å². The van der Waals surface area contributed by atoms with Crippen molar-refractivity contribution in [1.29, 1.82) is 0 Å². The lowest BCUT2D eigenvalue weighted by Gasteiger charge is -2.17. The Balaban J connectivity index is 2.82. The summed E-state index contributed by atoms with van der Waals surface area (Å²) in [5.41, 5.74) is -0.0225. The van der Waals surface area contributed by atoms with E-state index >= 15 is 0 Å². The zero-order valence-corrected chi connectivity index (χ0v) is 9.01. The molecule has 0 radical (unpaired) electrons. The minimum atomic E-state index is -1.10. The van der Waals surface area contributed by atoms with Gasteiger partial charge < -0.3 is 14.9 Å². The molecule has 2 N–H and O–H groups in total. The van der Waals surface area contributed by atoms with Gasteiger partial charge in [-0.05, 0) is 18.6 Å². The third-order valence-corrected chi connectivity index (χ3v) is 2.17. The van der Waals surface area contributed by atoms with E-state index in [1.165, 1.54) is 6.07 Å². The van der Waals surface area contributed by atoms with E-state index in [-0.39, 0.29) is 17.1 Å². The number of para-hydroxylation sites is 2. The molecule has 0 bridgehead atoms. The molecule has 1 rings (SSSR count). The molecule has 0 aromatic heterocycles. The summed E-state index contributed by atoms with van der Waals surface area (Å²) in [6.07, 6.45) is -0.162. The average molecular weight is 222 g/mol. The van der Waals surface area contributed by atoms with Crippen molar-refractivity contribution >= 4 is 5.97 Å². The van der Waals surface area contributed by atoms with Crippen molar-refractivity contribution in [1.82, 2.24) is 0 Å². The second kappa shape index (κ2) is 5.21. The van der Waals surface area contributed by atoms with Crippen molar-refractivity contribution in [3.63, 3.8) is 0 Å². The van der Waals surface area contributed by atoms with Crippen LogP contribution < -0.4 is 4.74 Å². The standard InChI is InChI=1S/C12H14O4/c1-3-10(8(2)12(14)15)16-11-7-5-4-6-9(11)13/h4-7,10,13H,2-3H2,1H3,(H,14,15). The molecule has 1 aromatic rings. The predicted octanol–water partition coefficient (Wildman–Crippen LogP) is 2.19. The van der Waals surface area contributed by atoms with E-state index < -0.39 is 12.1 Å². The number of phenols is 1. The number of hydrogen-bond donors (Lipinski definition) is 2. The maximum atomic E-state index is 10.7. The smallest absolute Gasteiger partial charge is 0.334 e. The Kier molecular flexibility index (Phi) is 3.94. The molecule has 86 valence electrons. The SMILES string of the molecule is C=C(C(=O)O)C(CC)Oc1ccccc1O. The van der Waals surface area contributed by atoms with Crippen LogP contribution in [0.15, 0.2) is 36.4 Å². The summed E-state index contributed by atoms with van der Waals surface area (Å²) in [5, 5.41) is 18.3. The highest BCUT2D eigenvalue weighted by Gasteiger charge is 2.19. The Morgan fingerprint density at radius 3 is 2.62 bits per heavy atom. The minimum absolute atomic E-state index is 0.0147. The van der Waals surface area contributed by atoms with E-state index in [0.29, 0.717) is 6.42 Å². The lowest BCUT2D eigenvalue weighted by molar-refractivity contribution is -0.133. The highest BCUT2D eigenvalue weighted by atomic mass is 16.5. The van der Waals surface area contributed by atoms with Crippen LogP contribution in [0.2, 0.25) is 0 Å². The highest BCUT2D eigenvalue weighted by molar-refractivity contribution is 5.87. The van der Waals surface area contributed by atoms with Gasteiger partial charge in [0.15, 0.2) is 11.5 Å². The number of aliphatic carboxylic acids is 1. The average Bonchev–Trinajstić information content (AvgIpc) is 2.27. The van der Waals surface area contributed by atoms with Crippen molar-refractivity contribution < 1.29 is 19.7 Å². The first-order valence-corrected chi connectivity index (χ1v) is 4.93. The summed E-state index contributed by atoms with van der Waals surface area (Å²) < 4.78 is 5.39. The Labute approximate surface area is 93.8 Å². The van der Waals surface area contributed by atoms with Gasteiger partial charge in [0.05, 0.1) is 5.57 Å². The quantitative estimate of drug-likeness (QED) is 0.749. The maximum Gasteiger partial charge on any atom is 0.334 e. The molecule has 1 atom stereocenters. The number of carbonyl (C=O) groups is 1. The van der Waals surface area contributed by atoms with E-state index in [9.17, 15) is 9.90 Å². The first-order chi connectivity index (χ1) is 7.56. The Hall–Kier alpha value is -1.97. The fourth-order valence-electron chi connectivity index (χ4n) is 1.25. The number of carboxylic acids is 1. The van der Waals surface area contributed by atoms with Gasteiger partial charge in [0.2, 0.25) is 0 Å². The third-order valence-electron chi connectivity index (χ3n) is 2.17. The molecule has 0 heterocycles. The van der Waals surface area contributed by atoms with Crippen LogP contribution in [0.3, 0.4) is 0 Å². The van der Waals surface area contributed by atoms with Crippen LogP contribution >= 0.6 is 0 Å². The van der Waals surface area contributed by atoms with Gasteiger partial charge in [-0.25, -0.2) is 4.79 Å². The van der Waals surface area contributed by atoms with Crippen LogP contribution in [0, 0.1) is 0 Å². The Morgan fingerprint density at radius 1 is 1.50 bits per heavy atom. The number of ether oxygens (including phenoxy) is 1. The van der Waals surface area contributed by atoms with Crippen LogP contribution in [-0.4, -0.2) is 22.3 Å². The molecule has 0 aliphatic rings. The number of benzene rings is 1. The Bertz CT molecular complexity index is 398. The minimum Gasteiger partial charge on any atom is -0.504 e. The van der Waals surface area contributed by atoms with E-state index in [4.69, 9.17) is 9.84 Å². The van der Waals surface area contributed by atoms with E-state index in [2.05, 4.69) is 6.58 Å². The van der Waals surface area contributed by atoms with Gasteiger partial charge in [-0.1, -0.05) is 25.6 Å². The molecular weight excluding hydrogens is 208 g/mol. The molecule has 4 heteroatoms. The van der Waals surface area contributed by atoms with Crippen molar-refractivity contribution in [2.75, 3.05) is 0 Å². The summed E-state index contributed by atoms with van der Waals surface area (Å²) in [5.74, 6) is -0.849. The maximum absolute atomic E-state index is 10.7. The number of carboxylic acid groups (broad SMARTS) is 1. The summed E-state index contributed by atoms with van der Waals surface area (Å²) in [7, 11) is 0. The van der Waals surface area contributed by atoms with Gasteiger partial charge in [0.1, 0.15) is 6.10 Å². The van der Waals surface area contributed by atoms with Gasteiger partial charge in [-0.15, -0.1) is 0 Å². The van der Waals surface area contributed by atoms with Crippen molar-refractivity contribution in [2.45, 2.75) is 19.4 Å². The molecule has 0 amide bonds. The second-order valence-corrected chi connectivity index (χ2v) is 3.31. The molecule has 0 spiro atoms. The van der Waals surface area contributed by atoms with Gasteiger partial charge in [-0.2, -0.15) is 0 Å². The van der Waals surface area contributed by atoms with Gasteiger partial charge in [0.25, 0.3) is 0 Å². The van der Waals surface area contributed by atoms with Crippen molar-refractivity contribution in [3.8, 4) is 11.5 Å². The number of rotatable bonds is 5. The molecule has 0 fully saturated rings. The fourth-order valence-corrected chi connectivity index (χ4v) is 1.25. The first kappa shape index (κ1) is 12.1. The molecule has 0 saturated carbocycles. The van der Waals surface area contributed by atoms with E-state index in [0.717, 1.165) is 0 Å². The van der Waals surface area contributed by atoms with Gasteiger partial charge >= 0.3 is 5.97 Å². The van der Waals surface area contributed by atoms with Crippen LogP contribution in [0.25, 0.3) is 0 Å². The zero-order chi connectivity index (χ0) is 12.1. The van der Waals surface area contributed by atoms with E-state index in [1.54, 1.807) is 25.1 Å². The van der Waals surface area contributed by atoms with Gasteiger partial charge in [-0.3, -0.25) is 0 Å². The van der Waals surface area contributed by atoms with Crippen molar-refractivity contribution in [2.24, 2.45) is 0 Å². The lowest BCUT2D eigenvalue weighted by atomic mass is 10.1. The molecule has 0 aliphatic heterocycles. The van der Waals surface area contributed by atoms with Crippen LogP contribution in [-0.2, 0) is 4.79 Å². The molecule has 0 aliphatic carbocycles. The van der Waals surface area contributed by atoms with E-state index in [1.807, 2.05) is 0 Å². The molecule has 0 saturated heterocycles. The second-order valence-electron chi connectivity index (χ2n) is 3.31. The highest BCUT2D eigenvalue weighted by Crippen LogP contribution is 2.27. The molecule has 1 unspecified atom stereocenters.